The van der Waals surface area contributed by atoms with Gasteiger partial charge in [0.05, 0.1) is 24.3 Å². The second kappa shape index (κ2) is 9.84. The van der Waals surface area contributed by atoms with Gasteiger partial charge in [-0.25, -0.2) is 4.79 Å². The molecule has 3 rings (SSSR count). The van der Waals surface area contributed by atoms with Crippen molar-refractivity contribution in [2.45, 2.75) is 19.8 Å². The minimum Gasteiger partial charge on any atom is -0.507 e. The highest BCUT2D eigenvalue weighted by molar-refractivity contribution is 8.27. The molecular weight excluding hydrogens is 438 g/mol. The summed E-state index contributed by atoms with van der Waals surface area (Å²) in [6.07, 6.45) is 3.67. The van der Waals surface area contributed by atoms with Gasteiger partial charge in [0, 0.05) is 6.07 Å². The van der Waals surface area contributed by atoms with Crippen LogP contribution in [-0.4, -0.2) is 40.1 Å². The van der Waals surface area contributed by atoms with Gasteiger partial charge in [0.25, 0.3) is 5.91 Å². The van der Waals surface area contributed by atoms with Crippen LogP contribution in [0.3, 0.4) is 0 Å². The largest absolute Gasteiger partial charge is 0.507 e. The Hall–Kier alpha value is -3.04. The third-order valence-electron chi connectivity index (χ3n) is 4.50. The van der Waals surface area contributed by atoms with E-state index < -0.39 is 11.7 Å². The van der Waals surface area contributed by atoms with Gasteiger partial charge in [0.2, 0.25) is 0 Å². The number of hydrogen-bond donors (Lipinski definition) is 2. The molecule has 2 N–H and O–H groups in total. The lowest BCUT2D eigenvalue weighted by Crippen LogP contribution is -2.27. The van der Waals surface area contributed by atoms with Gasteiger partial charge in [-0.05, 0) is 42.3 Å². The van der Waals surface area contributed by atoms with Crippen molar-refractivity contribution in [2.24, 2.45) is 0 Å². The number of carbonyl (C=O) groups is 2. The van der Waals surface area contributed by atoms with Crippen molar-refractivity contribution in [3.05, 3.63) is 52.4 Å². The van der Waals surface area contributed by atoms with Crippen molar-refractivity contribution in [3.8, 4) is 17.2 Å². The number of carbonyl (C=O) groups excluding carboxylic acids is 1. The molecule has 0 aliphatic carbocycles. The number of anilines is 1. The summed E-state index contributed by atoms with van der Waals surface area (Å²) in [7, 11) is 1.55. The van der Waals surface area contributed by atoms with E-state index in [4.69, 9.17) is 26.8 Å². The molecule has 0 saturated carbocycles. The Bertz CT molecular complexity index is 1070. The number of hydrogen-bond acceptors (Lipinski definition) is 7. The van der Waals surface area contributed by atoms with Crippen molar-refractivity contribution in [2.75, 3.05) is 18.6 Å². The summed E-state index contributed by atoms with van der Waals surface area (Å²) in [5.41, 5.74) is 0.785. The van der Waals surface area contributed by atoms with Crippen LogP contribution in [0.15, 0.2) is 41.3 Å². The van der Waals surface area contributed by atoms with Crippen molar-refractivity contribution in [3.63, 3.8) is 0 Å². The molecule has 162 valence electrons. The zero-order valence-electron chi connectivity index (χ0n) is 17.0. The third kappa shape index (κ3) is 5.00. The number of carboxylic acid groups (broad SMARTS) is 1. The maximum atomic E-state index is 12.9. The second-order valence-electron chi connectivity index (χ2n) is 6.64. The molecule has 0 spiro atoms. The van der Waals surface area contributed by atoms with Gasteiger partial charge in [-0.1, -0.05) is 43.4 Å². The Morgan fingerprint density at radius 3 is 2.65 bits per heavy atom. The van der Waals surface area contributed by atoms with Gasteiger partial charge < -0.3 is 19.7 Å². The Morgan fingerprint density at radius 2 is 2.00 bits per heavy atom. The van der Waals surface area contributed by atoms with E-state index in [9.17, 15) is 14.7 Å². The van der Waals surface area contributed by atoms with Gasteiger partial charge in [-0.2, -0.15) is 0 Å². The number of rotatable bonds is 8. The smallest absolute Gasteiger partial charge is 0.339 e. The number of carboxylic acids is 1. The molecule has 0 radical (unpaired) electrons. The SMILES string of the molecule is CCCCOc1ccc(/C=C2\SC(=S)N(c3ccc(C(=O)O)c(O)c3)C2=O)cc1OC. The molecule has 1 aliphatic rings. The number of nitrogens with zero attached hydrogens (tertiary/aromatic N) is 1. The lowest BCUT2D eigenvalue weighted by Gasteiger charge is -2.15. The number of ether oxygens (including phenoxy) is 2. The normalized spacial score (nSPS) is 14.9. The van der Waals surface area contributed by atoms with Crippen LogP contribution in [0.2, 0.25) is 0 Å². The lowest BCUT2D eigenvalue weighted by molar-refractivity contribution is -0.113. The molecule has 31 heavy (non-hydrogen) atoms. The predicted molar refractivity (Wildman–Crippen MR) is 124 cm³/mol. The molecule has 0 aromatic heterocycles. The van der Waals surface area contributed by atoms with Crippen LogP contribution in [0, 0.1) is 0 Å². The number of aromatic carboxylic acids is 1. The van der Waals surface area contributed by atoms with Crippen LogP contribution >= 0.6 is 24.0 Å². The third-order valence-corrected chi connectivity index (χ3v) is 5.81. The van der Waals surface area contributed by atoms with Gasteiger partial charge in [-0.15, -0.1) is 0 Å². The van der Waals surface area contributed by atoms with E-state index in [1.807, 2.05) is 6.07 Å². The zero-order chi connectivity index (χ0) is 22.5. The van der Waals surface area contributed by atoms with Gasteiger partial charge in [-0.3, -0.25) is 9.69 Å². The average molecular weight is 460 g/mol. The topological polar surface area (TPSA) is 96.3 Å². The van der Waals surface area contributed by atoms with E-state index in [1.165, 1.54) is 23.1 Å². The predicted octanol–water partition coefficient (Wildman–Crippen LogP) is 4.68. The molecule has 2 aromatic carbocycles. The van der Waals surface area contributed by atoms with Crippen molar-refractivity contribution >= 4 is 51.9 Å². The molecule has 9 heteroatoms. The Kier molecular flexibility index (Phi) is 7.19. The van der Waals surface area contributed by atoms with Crippen LogP contribution in [0.25, 0.3) is 6.08 Å². The number of aromatic hydroxyl groups is 1. The molecule has 7 nitrogen and oxygen atoms in total. The van der Waals surface area contributed by atoms with Gasteiger partial charge >= 0.3 is 5.97 Å². The molecule has 0 unspecified atom stereocenters. The summed E-state index contributed by atoms with van der Waals surface area (Å²) < 4.78 is 11.4. The fraction of sp³-hybridized carbons (Fsp3) is 0.227. The number of phenols is 1. The summed E-state index contributed by atoms with van der Waals surface area (Å²) in [5, 5.41) is 19.0. The number of amides is 1. The van der Waals surface area contributed by atoms with Crippen LogP contribution in [0.5, 0.6) is 17.2 Å². The van der Waals surface area contributed by atoms with Crippen molar-refractivity contribution < 1.29 is 29.3 Å². The quantitative estimate of drug-likeness (QED) is 0.334. The van der Waals surface area contributed by atoms with Crippen LogP contribution in [-0.2, 0) is 4.79 Å². The summed E-state index contributed by atoms with van der Waals surface area (Å²) >= 11 is 6.46. The summed E-state index contributed by atoms with van der Waals surface area (Å²) in [6, 6.07) is 9.28. The maximum Gasteiger partial charge on any atom is 0.339 e. The summed E-state index contributed by atoms with van der Waals surface area (Å²) in [5.74, 6) is -0.860. The van der Waals surface area contributed by atoms with E-state index in [0.717, 1.165) is 30.2 Å². The summed E-state index contributed by atoms with van der Waals surface area (Å²) in [6.45, 7) is 2.68. The molecule has 0 atom stereocenters. The van der Waals surface area contributed by atoms with Gasteiger partial charge in [0.1, 0.15) is 11.3 Å². The van der Waals surface area contributed by atoms with Crippen molar-refractivity contribution in [1.82, 2.24) is 0 Å². The highest BCUT2D eigenvalue weighted by Crippen LogP contribution is 2.38. The monoisotopic (exact) mass is 459 g/mol. The van der Waals surface area contributed by atoms with Gasteiger partial charge in [0.15, 0.2) is 15.8 Å². The first-order chi connectivity index (χ1) is 14.8. The van der Waals surface area contributed by atoms with Crippen molar-refractivity contribution in [1.29, 1.82) is 0 Å². The second-order valence-corrected chi connectivity index (χ2v) is 8.31. The van der Waals surface area contributed by atoms with Crippen LogP contribution < -0.4 is 14.4 Å². The first-order valence-electron chi connectivity index (χ1n) is 9.50. The molecule has 1 aliphatic heterocycles. The molecule has 0 bridgehead atoms. The number of unbranched alkanes of at least 4 members (excludes halogenated alkanes) is 1. The number of methoxy groups -OCH3 is 1. The van der Waals surface area contributed by atoms with E-state index >= 15 is 0 Å². The van der Waals surface area contributed by atoms with Crippen LogP contribution in [0.1, 0.15) is 35.7 Å². The highest BCUT2D eigenvalue weighted by atomic mass is 32.2. The zero-order valence-corrected chi connectivity index (χ0v) is 18.6. The van der Waals surface area contributed by atoms with E-state index in [0.29, 0.717) is 28.7 Å². The molecule has 1 heterocycles. The average Bonchev–Trinajstić information content (AvgIpc) is 3.01. The standard InChI is InChI=1S/C22H21NO6S2/c1-3-4-9-29-17-8-5-13(10-18(17)28-2)11-19-20(25)23(22(30)31-19)14-6-7-15(21(26)27)16(24)12-14/h5-8,10-12,24H,3-4,9H2,1-2H3,(H,26,27)/b19-11-. The molecule has 2 aromatic rings. The molecule has 1 fully saturated rings. The summed E-state index contributed by atoms with van der Waals surface area (Å²) in [4.78, 5) is 25.7. The number of thiocarbonyl (C=S) groups is 1. The fourth-order valence-electron chi connectivity index (χ4n) is 2.90. The first-order valence-corrected chi connectivity index (χ1v) is 10.7. The molecular formula is C22H21NO6S2. The Labute approximate surface area is 189 Å². The Morgan fingerprint density at radius 1 is 1.23 bits per heavy atom. The molecule has 1 saturated heterocycles. The fourth-order valence-corrected chi connectivity index (χ4v) is 4.20. The number of thioether (sulfide) groups is 1. The minimum atomic E-state index is -1.26. The molecule has 1 amide bonds. The lowest BCUT2D eigenvalue weighted by atomic mass is 10.1. The van der Waals surface area contributed by atoms with E-state index in [1.54, 1.807) is 25.3 Å². The maximum absolute atomic E-state index is 12.9. The van der Waals surface area contributed by atoms with E-state index in [2.05, 4.69) is 6.92 Å². The number of benzene rings is 2. The van der Waals surface area contributed by atoms with Crippen LogP contribution in [0.4, 0.5) is 5.69 Å². The highest BCUT2D eigenvalue weighted by Gasteiger charge is 2.34. The minimum absolute atomic E-state index is 0.252. The Balaban J connectivity index is 1.85. The van der Waals surface area contributed by atoms with E-state index in [-0.39, 0.29) is 15.8 Å². The first kappa shape index (κ1) is 22.6.